The number of ketones is 1. The normalized spacial score (nSPS) is 44.7. The number of fused-ring (bicyclic) bond motifs is 7. The van der Waals surface area contributed by atoms with Crippen LogP contribution in [0.3, 0.4) is 0 Å². The Morgan fingerprint density at radius 2 is 1.61 bits per heavy atom. The van der Waals surface area contributed by atoms with Gasteiger partial charge >= 0.3 is 0 Å². The molecule has 6 aliphatic rings. The lowest BCUT2D eigenvalue weighted by molar-refractivity contribution is -0.175. The van der Waals surface area contributed by atoms with Crippen LogP contribution < -0.4 is 0 Å². The average molecular weight is 518 g/mol. The van der Waals surface area contributed by atoms with Gasteiger partial charge in [0.1, 0.15) is 0 Å². The van der Waals surface area contributed by atoms with Crippen molar-refractivity contribution in [3.05, 3.63) is 46.3 Å². The summed E-state index contributed by atoms with van der Waals surface area (Å²) >= 11 is 0. The standard InChI is InChI=1S/C34H47NO3/c1-22-23-10-11-26-32(4,24(23)20-25(36)28(22)37)15-17-34(6)27-21-31(3,29(38)35-18-8-7-9-19-35)13-12-30(27,2)14-16-33(26,34)5/h10-11,20,27,37H,7-9,12-19,21H2,1-6H3/t27-,30-,31-,32+,33-,34+/m1/s1. The van der Waals surface area contributed by atoms with Gasteiger partial charge in [0.15, 0.2) is 5.76 Å². The number of rotatable bonds is 1. The smallest absolute Gasteiger partial charge is 0.228 e. The number of aliphatic hydroxyl groups is 1. The molecule has 6 rings (SSSR count). The Hall–Kier alpha value is -2.10. The zero-order valence-electron chi connectivity index (χ0n) is 24.5. The van der Waals surface area contributed by atoms with Gasteiger partial charge in [0.25, 0.3) is 0 Å². The van der Waals surface area contributed by atoms with Crippen LogP contribution in [0.1, 0.15) is 106 Å². The van der Waals surface area contributed by atoms with E-state index in [2.05, 4.69) is 51.7 Å². The maximum absolute atomic E-state index is 14.0. The summed E-state index contributed by atoms with van der Waals surface area (Å²) < 4.78 is 0. The van der Waals surface area contributed by atoms with Crippen LogP contribution in [0.5, 0.6) is 0 Å². The highest BCUT2D eigenvalue weighted by molar-refractivity contribution is 6.06. The molecule has 4 nitrogen and oxygen atoms in total. The number of hydrogen-bond acceptors (Lipinski definition) is 3. The van der Waals surface area contributed by atoms with E-state index in [1.807, 2.05) is 6.92 Å². The first-order valence-corrected chi connectivity index (χ1v) is 15.2. The predicted molar refractivity (Wildman–Crippen MR) is 151 cm³/mol. The van der Waals surface area contributed by atoms with Gasteiger partial charge in [-0.2, -0.15) is 0 Å². The van der Waals surface area contributed by atoms with Gasteiger partial charge in [-0.3, -0.25) is 9.59 Å². The van der Waals surface area contributed by atoms with Crippen molar-refractivity contribution in [2.45, 2.75) is 106 Å². The van der Waals surface area contributed by atoms with Crippen LogP contribution in [-0.4, -0.2) is 34.8 Å². The lowest BCUT2D eigenvalue weighted by Gasteiger charge is -2.70. The minimum absolute atomic E-state index is 0.000370. The number of hydrogen-bond donors (Lipinski definition) is 1. The molecule has 1 amide bonds. The molecule has 1 heterocycles. The summed E-state index contributed by atoms with van der Waals surface area (Å²) in [5.41, 5.74) is 4.18. The van der Waals surface area contributed by atoms with Crippen molar-refractivity contribution in [2.75, 3.05) is 13.1 Å². The summed E-state index contributed by atoms with van der Waals surface area (Å²) in [7, 11) is 0. The summed E-state index contributed by atoms with van der Waals surface area (Å²) in [6.07, 6.45) is 17.4. The summed E-state index contributed by atoms with van der Waals surface area (Å²) in [6.45, 7) is 15.9. The molecule has 1 N–H and O–H groups in total. The Labute approximate surface area is 229 Å². The fraction of sp³-hybridized carbons (Fsp3) is 0.706. The first-order valence-electron chi connectivity index (χ1n) is 15.2. The zero-order valence-corrected chi connectivity index (χ0v) is 24.5. The molecule has 0 aromatic heterocycles. The number of aliphatic hydroxyl groups excluding tert-OH is 1. The van der Waals surface area contributed by atoms with Crippen molar-refractivity contribution in [2.24, 2.45) is 33.0 Å². The number of nitrogens with zero attached hydrogens (tertiary/aromatic N) is 1. The fourth-order valence-electron chi connectivity index (χ4n) is 10.1. The quantitative estimate of drug-likeness (QED) is 0.389. The van der Waals surface area contributed by atoms with Crippen molar-refractivity contribution in [3.63, 3.8) is 0 Å². The zero-order chi connectivity index (χ0) is 27.3. The molecule has 1 saturated heterocycles. The molecule has 6 atom stereocenters. The number of amides is 1. The van der Waals surface area contributed by atoms with Crippen LogP contribution in [0.15, 0.2) is 46.3 Å². The van der Waals surface area contributed by atoms with E-state index in [1.54, 1.807) is 6.08 Å². The molecule has 3 saturated carbocycles. The van der Waals surface area contributed by atoms with Crippen molar-refractivity contribution >= 4 is 11.7 Å². The first-order chi connectivity index (χ1) is 17.8. The lowest BCUT2D eigenvalue weighted by atomic mass is 9.34. The summed E-state index contributed by atoms with van der Waals surface area (Å²) in [6, 6.07) is 0. The molecule has 4 fully saturated rings. The SMILES string of the molecule is CC1=C(O)C(=O)C=C2C1=CC=C1[C@@]2(C)CC[C@@]2(C)[C@@H]3C[C@](C)(C(=O)N4CCCCC4)CC[C@]3(C)CC[C@]12C. The van der Waals surface area contributed by atoms with E-state index in [-0.39, 0.29) is 38.6 Å². The van der Waals surface area contributed by atoms with Crippen molar-refractivity contribution in [1.29, 1.82) is 0 Å². The second-order valence-electron chi connectivity index (χ2n) is 15.0. The van der Waals surface area contributed by atoms with Crippen LogP contribution in [-0.2, 0) is 9.59 Å². The third kappa shape index (κ3) is 3.27. The van der Waals surface area contributed by atoms with Crippen molar-refractivity contribution in [3.8, 4) is 0 Å². The highest BCUT2D eigenvalue weighted by Gasteiger charge is 2.67. The summed E-state index contributed by atoms with van der Waals surface area (Å²) in [5, 5.41) is 10.4. The van der Waals surface area contributed by atoms with E-state index < -0.39 is 0 Å². The van der Waals surface area contributed by atoms with Gasteiger partial charge in [0.2, 0.25) is 11.7 Å². The van der Waals surface area contributed by atoms with Crippen LogP contribution >= 0.6 is 0 Å². The van der Waals surface area contributed by atoms with Gasteiger partial charge < -0.3 is 10.0 Å². The lowest BCUT2D eigenvalue weighted by Crippen LogP contribution is -2.62. The number of piperidine rings is 1. The fourth-order valence-corrected chi connectivity index (χ4v) is 10.1. The van der Waals surface area contributed by atoms with E-state index >= 15 is 0 Å². The molecule has 0 spiro atoms. The average Bonchev–Trinajstić information content (AvgIpc) is 2.90. The second-order valence-corrected chi connectivity index (χ2v) is 15.0. The Bertz CT molecular complexity index is 1230. The number of carbonyl (C=O) groups excluding carboxylic acids is 2. The highest BCUT2D eigenvalue weighted by atomic mass is 16.3. The molecule has 206 valence electrons. The Morgan fingerprint density at radius 3 is 2.32 bits per heavy atom. The Morgan fingerprint density at radius 1 is 0.921 bits per heavy atom. The topological polar surface area (TPSA) is 57.6 Å². The largest absolute Gasteiger partial charge is 0.504 e. The van der Waals surface area contributed by atoms with E-state index in [4.69, 9.17) is 0 Å². The van der Waals surface area contributed by atoms with Gasteiger partial charge in [-0.25, -0.2) is 0 Å². The van der Waals surface area contributed by atoms with Crippen LogP contribution in [0.4, 0.5) is 0 Å². The van der Waals surface area contributed by atoms with Crippen molar-refractivity contribution in [1.82, 2.24) is 4.90 Å². The Balaban J connectivity index is 1.40. The minimum atomic E-state index is -0.269. The molecule has 5 aliphatic carbocycles. The molecule has 0 aromatic carbocycles. The molecule has 0 radical (unpaired) electrons. The van der Waals surface area contributed by atoms with Crippen molar-refractivity contribution < 1.29 is 14.7 Å². The van der Waals surface area contributed by atoms with E-state index in [1.165, 1.54) is 18.4 Å². The molecule has 0 bridgehead atoms. The molecule has 0 aromatic rings. The number of likely N-dealkylation sites (tertiary alicyclic amines) is 1. The second kappa shape index (κ2) is 8.21. The third-order valence-corrected chi connectivity index (χ3v) is 13.0. The van der Waals surface area contributed by atoms with Gasteiger partial charge in [0, 0.05) is 29.5 Å². The van der Waals surface area contributed by atoms with Gasteiger partial charge in [-0.15, -0.1) is 0 Å². The summed E-state index contributed by atoms with van der Waals surface area (Å²) in [5.74, 6) is 0.532. The van der Waals surface area contributed by atoms with Crippen LogP contribution in [0.25, 0.3) is 0 Å². The molecule has 0 unspecified atom stereocenters. The minimum Gasteiger partial charge on any atom is -0.504 e. The predicted octanol–water partition coefficient (Wildman–Crippen LogP) is 7.63. The summed E-state index contributed by atoms with van der Waals surface area (Å²) in [4.78, 5) is 28.9. The van der Waals surface area contributed by atoms with Gasteiger partial charge in [0.05, 0.1) is 0 Å². The Kier molecular flexibility index (Phi) is 5.65. The number of allylic oxidation sites excluding steroid dienone is 7. The van der Waals surface area contributed by atoms with Gasteiger partial charge in [-0.1, -0.05) is 52.3 Å². The molecule has 1 aliphatic heterocycles. The first kappa shape index (κ1) is 26.1. The maximum atomic E-state index is 14.0. The van der Waals surface area contributed by atoms with Crippen LogP contribution in [0.2, 0.25) is 0 Å². The highest BCUT2D eigenvalue weighted by Crippen LogP contribution is 2.75. The third-order valence-electron chi connectivity index (χ3n) is 13.0. The van der Waals surface area contributed by atoms with Crippen LogP contribution in [0, 0.1) is 33.0 Å². The molecular formula is C34H47NO3. The molecule has 4 heteroatoms. The van der Waals surface area contributed by atoms with E-state index in [0.717, 1.165) is 75.6 Å². The van der Waals surface area contributed by atoms with E-state index in [9.17, 15) is 14.7 Å². The van der Waals surface area contributed by atoms with E-state index in [0.29, 0.717) is 17.4 Å². The number of carbonyl (C=O) groups is 2. The molecular weight excluding hydrogens is 470 g/mol. The maximum Gasteiger partial charge on any atom is 0.228 e. The monoisotopic (exact) mass is 517 g/mol. The van der Waals surface area contributed by atoms with Gasteiger partial charge in [-0.05, 0) is 111 Å². The molecule has 38 heavy (non-hydrogen) atoms.